The highest BCUT2D eigenvalue weighted by atomic mass is 28.4. The lowest BCUT2D eigenvalue weighted by Crippen LogP contribution is -2.47. The number of benzodiazepines with no additional fused rings is 1. The lowest BCUT2D eigenvalue weighted by Gasteiger charge is -2.37. The SMILES string of the molecule is CC1=N[C@H](CO[Si](C)(C)C(C)(C)C)C(=O)N(CC(=O)O)c2ccccc21. The Balaban J connectivity index is 2.36. The van der Waals surface area contributed by atoms with Gasteiger partial charge < -0.3 is 9.53 Å². The highest BCUT2D eigenvalue weighted by Gasteiger charge is 2.39. The minimum atomic E-state index is -2.05. The van der Waals surface area contributed by atoms with E-state index < -0.39 is 26.9 Å². The van der Waals surface area contributed by atoms with E-state index in [0.29, 0.717) is 11.4 Å². The second-order valence-electron chi connectivity index (χ2n) is 8.14. The molecule has 1 N–H and O–H groups in total. The van der Waals surface area contributed by atoms with Crippen molar-refractivity contribution in [3.63, 3.8) is 0 Å². The predicted molar refractivity (Wildman–Crippen MR) is 106 cm³/mol. The Morgan fingerprint density at radius 3 is 2.50 bits per heavy atom. The summed E-state index contributed by atoms with van der Waals surface area (Å²) in [6.45, 7) is 12.3. The van der Waals surface area contributed by atoms with Gasteiger partial charge in [-0.05, 0) is 31.1 Å². The summed E-state index contributed by atoms with van der Waals surface area (Å²) in [4.78, 5) is 30.2. The van der Waals surface area contributed by atoms with Gasteiger partial charge in [-0.2, -0.15) is 0 Å². The molecule has 1 atom stereocenters. The van der Waals surface area contributed by atoms with Crippen LogP contribution in [0.2, 0.25) is 18.1 Å². The smallest absolute Gasteiger partial charge is 0.323 e. The Bertz CT molecular complexity index is 737. The number of para-hydroxylation sites is 1. The van der Waals surface area contributed by atoms with Crippen LogP contribution in [-0.4, -0.2) is 50.2 Å². The fourth-order valence-electron chi connectivity index (χ4n) is 2.58. The number of aliphatic imine (C=N–C) groups is 1. The zero-order valence-electron chi connectivity index (χ0n) is 16.4. The Hall–Kier alpha value is -1.99. The summed E-state index contributed by atoms with van der Waals surface area (Å²) >= 11 is 0. The Labute approximate surface area is 156 Å². The number of hydrogen-bond acceptors (Lipinski definition) is 4. The molecule has 7 heteroatoms. The molecule has 1 aromatic rings. The van der Waals surface area contributed by atoms with E-state index in [1.165, 1.54) is 4.90 Å². The Kier molecular flexibility index (Phi) is 5.72. The van der Waals surface area contributed by atoms with Gasteiger partial charge in [0.25, 0.3) is 5.91 Å². The molecule has 0 aliphatic carbocycles. The second-order valence-corrected chi connectivity index (χ2v) is 12.9. The molecule has 2 rings (SSSR count). The number of rotatable bonds is 5. The summed E-state index contributed by atoms with van der Waals surface area (Å²) in [6.07, 6.45) is 0. The number of hydrogen-bond donors (Lipinski definition) is 1. The number of nitrogens with zero attached hydrogens (tertiary/aromatic N) is 2. The van der Waals surface area contributed by atoms with Crippen LogP contribution in [0.3, 0.4) is 0 Å². The molecule has 1 amide bonds. The van der Waals surface area contributed by atoms with Crippen LogP contribution in [0.4, 0.5) is 5.69 Å². The Morgan fingerprint density at radius 2 is 1.92 bits per heavy atom. The maximum Gasteiger partial charge on any atom is 0.323 e. The molecule has 1 aliphatic rings. The molecule has 1 aliphatic heterocycles. The molecule has 26 heavy (non-hydrogen) atoms. The number of carboxylic acid groups (broad SMARTS) is 1. The number of benzene rings is 1. The number of carbonyl (C=O) groups excluding carboxylic acids is 1. The van der Waals surface area contributed by atoms with Crippen LogP contribution in [0, 0.1) is 0 Å². The average Bonchev–Trinajstić information content (AvgIpc) is 2.62. The van der Waals surface area contributed by atoms with Crippen molar-refractivity contribution in [2.24, 2.45) is 4.99 Å². The third kappa shape index (κ3) is 4.21. The van der Waals surface area contributed by atoms with E-state index in [0.717, 1.165) is 5.56 Å². The number of aliphatic carboxylic acids is 1. The van der Waals surface area contributed by atoms with Crippen LogP contribution >= 0.6 is 0 Å². The van der Waals surface area contributed by atoms with Gasteiger partial charge in [0.2, 0.25) is 0 Å². The van der Waals surface area contributed by atoms with E-state index in [2.05, 4.69) is 38.9 Å². The van der Waals surface area contributed by atoms with E-state index in [-0.39, 0.29) is 17.6 Å². The largest absolute Gasteiger partial charge is 0.480 e. The van der Waals surface area contributed by atoms with Gasteiger partial charge in [-0.25, -0.2) is 0 Å². The van der Waals surface area contributed by atoms with E-state index >= 15 is 0 Å². The highest BCUT2D eigenvalue weighted by Crippen LogP contribution is 2.37. The first kappa shape index (κ1) is 20.3. The monoisotopic (exact) mass is 376 g/mol. The van der Waals surface area contributed by atoms with Gasteiger partial charge in [-0.15, -0.1) is 0 Å². The summed E-state index contributed by atoms with van der Waals surface area (Å²) in [5.41, 5.74) is 2.07. The summed E-state index contributed by atoms with van der Waals surface area (Å²) in [7, 11) is -2.05. The van der Waals surface area contributed by atoms with Gasteiger partial charge in [0, 0.05) is 11.3 Å². The van der Waals surface area contributed by atoms with Crippen LogP contribution < -0.4 is 4.90 Å². The topological polar surface area (TPSA) is 79.2 Å². The first-order valence-corrected chi connectivity index (χ1v) is 11.7. The molecule has 0 bridgehead atoms. The lowest BCUT2D eigenvalue weighted by atomic mass is 10.1. The minimum Gasteiger partial charge on any atom is -0.480 e. The summed E-state index contributed by atoms with van der Waals surface area (Å²) < 4.78 is 6.20. The molecule has 1 heterocycles. The van der Waals surface area contributed by atoms with Crippen molar-refractivity contribution in [2.75, 3.05) is 18.1 Å². The summed E-state index contributed by atoms with van der Waals surface area (Å²) in [5.74, 6) is -1.40. The van der Waals surface area contributed by atoms with Crippen molar-refractivity contribution in [2.45, 2.75) is 51.9 Å². The number of anilines is 1. The van der Waals surface area contributed by atoms with Gasteiger partial charge >= 0.3 is 5.97 Å². The lowest BCUT2D eigenvalue weighted by molar-refractivity contribution is -0.136. The zero-order chi connectivity index (χ0) is 19.7. The summed E-state index contributed by atoms with van der Waals surface area (Å²) in [6, 6.07) is 6.52. The first-order chi connectivity index (χ1) is 11.9. The van der Waals surface area contributed by atoms with E-state index in [1.54, 1.807) is 12.1 Å². The number of fused-ring (bicyclic) bond motifs is 1. The molecular formula is C19H28N2O4Si. The average molecular weight is 377 g/mol. The van der Waals surface area contributed by atoms with Crippen LogP contribution in [0.1, 0.15) is 33.3 Å². The van der Waals surface area contributed by atoms with Gasteiger partial charge in [-0.1, -0.05) is 39.0 Å². The quantitative estimate of drug-likeness (QED) is 0.800. The number of carboxylic acids is 1. The van der Waals surface area contributed by atoms with E-state index in [4.69, 9.17) is 4.43 Å². The molecule has 0 spiro atoms. The van der Waals surface area contributed by atoms with Crippen molar-refractivity contribution in [3.8, 4) is 0 Å². The molecule has 0 unspecified atom stereocenters. The number of carbonyl (C=O) groups is 2. The second kappa shape index (κ2) is 7.32. The van der Waals surface area contributed by atoms with Gasteiger partial charge in [0.15, 0.2) is 14.4 Å². The fourth-order valence-corrected chi connectivity index (χ4v) is 3.59. The molecule has 6 nitrogen and oxygen atoms in total. The zero-order valence-corrected chi connectivity index (χ0v) is 17.4. The van der Waals surface area contributed by atoms with E-state index in [1.807, 2.05) is 19.1 Å². The van der Waals surface area contributed by atoms with Crippen molar-refractivity contribution in [1.29, 1.82) is 0 Å². The molecule has 0 fully saturated rings. The van der Waals surface area contributed by atoms with Crippen molar-refractivity contribution < 1.29 is 19.1 Å². The van der Waals surface area contributed by atoms with Gasteiger partial charge in [-0.3, -0.25) is 19.5 Å². The van der Waals surface area contributed by atoms with E-state index in [9.17, 15) is 14.7 Å². The molecule has 0 saturated carbocycles. The molecule has 1 aromatic carbocycles. The van der Waals surface area contributed by atoms with Crippen LogP contribution in [0.15, 0.2) is 29.3 Å². The van der Waals surface area contributed by atoms with Crippen LogP contribution in [0.5, 0.6) is 0 Å². The Morgan fingerprint density at radius 1 is 1.31 bits per heavy atom. The molecule has 0 aromatic heterocycles. The molecule has 142 valence electrons. The normalized spacial score (nSPS) is 18.2. The van der Waals surface area contributed by atoms with Crippen molar-refractivity contribution in [1.82, 2.24) is 0 Å². The minimum absolute atomic E-state index is 0.0171. The summed E-state index contributed by atoms with van der Waals surface area (Å²) in [5, 5.41) is 9.28. The molecule has 0 radical (unpaired) electrons. The number of amides is 1. The van der Waals surface area contributed by atoms with Crippen molar-refractivity contribution in [3.05, 3.63) is 29.8 Å². The van der Waals surface area contributed by atoms with Crippen LogP contribution in [0.25, 0.3) is 0 Å². The third-order valence-electron chi connectivity index (χ3n) is 5.19. The van der Waals surface area contributed by atoms with Crippen LogP contribution in [-0.2, 0) is 14.0 Å². The predicted octanol–water partition coefficient (Wildman–Crippen LogP) is 3.32. The fraction of sp³-hybridized carbons (Fsp3) is 0.526. The highest BCUT2D eigenvalue weighted by molar-refractivity contribution is 6.74. The van der Waals surface area contributed by atoms with Crippen molar-refractivity contribution >= 4 is 31.6 Å². The molecular weight excluding hydrogens is 348 g/mol. The maximum absolute atomic E-state index is 13.0. The third-order valence-corrected chi connectivity index (χ3v) is 9.69. The maximum atomic E-state index is 13.0. The van der Waals surface area contributed by atoms with Gasteiger partial charge in [0.05, 0.1) is 12.3 Å². The van der Waals surface area contributed by atoms with Gasteiger partial charge in [0.1, 0.15) is 6.54 Å². The first-order valence-electron chi connectivity index (χ1n) is 8.75. The standard InChI is InChI=1S/C19H28N2O4Si/c1-13-14-9-7-8-10-16(14)21(11-17(22)23)18(24)15(20-13)12-25-26(5,6)19(2,3)4/h7-10,15H,11-12H2,1-6H3,(H,22,23)/t15-/m1/s1. The molecule has 0 saturated heterocycles.